The molecule has 0 bridgehead atoms. The zero-order valence-electron chi connectivity index (χ0n) is 18.3. The number of rotatable bonds is 11. The summed E-state index contributed by atoms with van der Waals surface area (Å²) in [5, 5.41) is 8.69. The predicted octanol–water partition coefficient (Wildman–Crippen LogP) is 6.04. The lowest BCUT2D eigenvalue weighted by Gasteiger charge is -2.30. The van der Waals surface area contributed by atoms with Crippen LogP contribution >= 0.6 is 0 Å². The lowest BCUT2D eigenvalue weighted by molar-refractivity contribution is -0.137. The van der Waals surface area contributed by atoms with E-state index in [0.29, 0.717) is 25.1 Å². The topological polar surface area (TPSA) is 49.8 Å². The molecule has 0 saturated heterocycles. The summed E-state index contributed by atoms with van der Waals surface area (Å²) < 4.78 is 42.8. The predicted molar refractivity (Wildman–Crippen MR) is 119 cm³/mol. The number of aliphatic carboxylic acids is 1. The van der Waals surface area contributed by atoms with Gasteiger partial charge in [0.1, 0.15) is 5.75 Å². The summed E-state index contributed by atoms with van der Waals surface area (Å²) in [6.07, 6.45) is -2.15. The highest BCUT2D eigenvalue weighted by Gasteiger charge is 2.23. The zero-order chi connectivity index (χ0) is 23.6. The van der Waals surface area contributed by atoms with Crippen molar-refractivity contribution in [3.8, 4) is 17.6 Å². The van der Waals surface area contributed by atoms with Gasteiger partial charge in [0.2, 0.25) is 0 Å². The van der Waals surface area contributed by atoms with Crippen molar-refractivity contribution in [1.29, 1.82) is 0 Å². The van der Waals surface area contributed by atoms with E-state index in [1.54, 1.807) is 24.3 Å². The van der Waals surface area contributed by atoms with E-state index in [2.05, 4.69) is 10.8 Å². The van der Waals surface area contributed by atoms with Crippen molar-refractivity contribution in [1.82, 2.24) is 0 Å². The fourth-order valence-corrected chi connectivity index (χ4v) is 3.15. The first-order chi connectivity index (χ1) is 15.2. The number of hydrogen-bond acceptors (Lipinski definition) is 3. The Morgan fingerprint density at radius 3 is 2.38 bits per heavy atom. The summed E-state index contributed by atoms with van der Waals surface area (Å²) in [6.45, 7) is 5.16. The third-order valence-corrected chi connectivity index (χ3v) is 4.78. The Balaban J connectivity index is 2.05. The summed E-state index contributed by atoms with van der Waals surface area (Å²) in [5.41, 5.74) is 2.18. The van der Waals surface area contributed by atoms with Crippen molar-refractivity contribution in [2.45, 2.75) is 58.3 Å². The summed E-state index contributed by atoms with van der Waals surface area (Å²) >= 11 is 0. The number of ether oxygens (including phenoxy) is 1. The van der Waals surface area contributed by atoms with E-state index in [1.807, 2.05) is 38.1 Å². The molecule has 2 aromatic carbocycles. The standard InChI is InChI=1S/C25H28F3NO3/c1-19(2)29(22-13-11-20(12-14-22)15-16-25(26,27)28)18-21-8-5-6-9-23(21)32-17-7-3-4-10-24(30)31/h5-6,8-9,11-14,19H,3-4,7,10,17-18H2,1-2H3,(H,30,31). The number of benzene rings is 2. The van der Waals surface area contributed by atoms with Crippen LogP contribution in [-0.4, -0.2) is 29.9 Å². The SMILES string of the molecule is CC(C)N(Cc1ccccc1OCCCCCC(=O)O)c1ccc(C#CC(F)(F)F)cc1. The minimum atomic E-state index is -4.51. The quantitative estimate of drug-likeness (QED) is 0.337. The molecule has 0 aromatic heterocycles. The van der Waals surface area contributed by atoms with Crippen molar-refractivity contribution in [2.24, 2.45) is 0 Å². The van der Waals surface area contributed by atoms with Crippen LogP contribution in [0.4, 0.5) is 18.9 Å². The third kappa shape index (κ3) is 8.93. The highest BCUT2D eigenvalue weighted by atomic mass is 19.4. The van der Waals surface area contributed by atoms with Crippen molar-refractivity contribution < 1.29 is 27.8 Å². The van der Waals surface area contributed by atoms with Crippen molar-refractivity contribution in [3.63, 3.8) is 0 Å². The Morgan fingerprint density at radius 2 is 1.75 bits per heavy atom. The molecule has 0 fully saturated rings. The third-order valence-electron chi connectivity index (χ3n) is 4.78. The molecule has 0 saturated carbocycles. The summed E-state index contributed by atoms with van der Waals surface area (Å²) in [6, 6.07) is 14.6. The highest BCUT2D eigenvalue weighted by Crippen LogP contribution is 2.26. The molecule has 7 heteroatoms. The largest absolute Gasteiger partial charge is 0.493 e. The molecule has 0 atom stereocenters. The Bertz CT molecular complexity index is 928. The minimum absolute atomic E-state index is 0.145. The Kier molecular flexibility index (Phi) is 9.45. The minimum Gasteiger partial charge on any atom is -0.493 e. The number of unbranched alkanes of at least 4 members (excludes halogenated alkanes) is 2. The van der Waals surface area contributed by atoms with Gasteiger partial charge in [-0.25, -0.2) is 0 Å². The van der Waals surface area contributed by atoms with Crippen LogP contribution in [0.2, 0.25) is 0 Å². The van der Waals surface area contributed by atoms with Gasteiger partial charge in [-0.15, -0.1) is 0 Å². The number of hydrogen-bond donors (Lipinski definition) is 1. The Hall–Kier alpha value is -3.14. The van der Waals surface area contributed by atoms with Gasteiger partial charge in [-0.3, -0.25) is 4.79 Å². The van der Waals surface area contributed by atoms with E-state index in [0.717, 1.165) is 29.8 Å². The van der Waals surface area contributed by atoms with Gasteiger partial charge in [0, 0.05) is 41.7 Å². The van der Waals surface area contributed by atoms with Crippen LogP contribution < -0.4 is 9.64 Å². The maximum atomic E-state index is 12.3. The Morgan fingerprint density at radius 1 is 1.06 bits per heavy atom. The highest BCUT2D eigenvalue weighted by molar-refractivity contribution is 5.66. The van der Waals surface area contributed by atoms with E-state index in [9.17, 15) is 18.0 Å². The molecule has 2 aromatic rings. The van der Waals surface area contributed by atoms with E-state index < -0.39 is 12.1 Å². The smallest absolute Gasteiger partial charge is 0.458 e. The summed E-state index contributed by atoms with van der Waals surface area (Å²) in [4.78, 5) is 12.7. The summed E-state index contributed by atoms with van der Waals surface area (Å²) in [5.74, 6) is 3.40. The molecule has 4 nitrogen and oxygen atoms in total. The molecule has 1 N–H and O–H groups in total. The first-order valence-corrected chi connectivity index (χ1v) is 10.5. The molecular formula is C25H28F3NO3. The molecular weight excluding hydrogens is 419 g/mol. The van der Waals surface area contributed by atoms with Crippen LogP contribution in [0.25, 0.3) is 0 Å². The number of nitrogens with zero attached hydrogens (tertiary/aromatic N) is 1. The molecule has 172 valence electrons. The lowest BCUT2D eigenvalue weighted by atomic mass is 10.1. The normalized spacial score (nSPS) is 11.1. The van der Waals surface area contributed by atoms with Crippen LogP contribution in [0.15, 0.2) is 48.5 Å². The van der Waals surface area contributed by atoms with Crippen LogP contribution in [-0.2, 0) is 11.3 Å². The molecule has 0 aliphatic carbocycles. The van der Waals surface area contributed by atoms with Crippen molar-refractivity contribution >= 4 is 11.7 Å². The van der Waals surface area contributed by atoms with Crippen molar-refractivity contribution in [3.05, 3.63) is 59.7 Å². The second-order valence-corrected chi connectivity index (χ2v) is 7.68. The van der Waals surface area contributed by atoms with E-state index in [4.69, 9.17) is 9.84 Å². The zero-order valence-corrected chi connectivity index (χ0v) is 18.3. The van der Waals surface area contributed by atoms with Crippen LogP contribution in [0.5, 0.6) is 5.75 Å². The number of carboxylic acids is 1. The second-order valence-electron chi connectivity index (χ2n) is 7.68. The number of carbonyl (C=O) groups is 1. The lowest BCUT2D eigenvalue weighted by Crippen LogP contribution is -2.30. The average Bonchev–Trinajstić information content (AvgIpc) is 2.73. The van der Waals surface area contributed by atoms with Gasteiger partial charge in [0.15, 0.2) is 0 Å². The average molecular weight is 447 g/mol. The van der Waals surface area contributed by atoms with E-state index in [1.165, 1.54) is 5.92 Å². The van der Waals surface area contributed by atoms with Crippen LogP contribution in [0, 0.1) is 11.8 Å². The number of carboxylic acid groups (broad SMARTS) is 1. The molecule has 32 heavy (non-hydrogen) atoms. The monoisotopic (exact) mass is 447 g/mol. The van der Waals surface area contributed by atoms with Gasteiger partial charge < -0.3 is 14.7 Å². The maximum absolute atomic E-state index is 12.3. The fraction of sp³-hybridized carbons (Fsp3) is 0.400. The van der Waals surface area contributed by atoms with E-state index in [-0.39, 0.29) is 12.5 Å². The maximum Gasteiger partial charge on any atom is 0.458 e. The fourth-order valence-electron chi connectivity index (χ4n) is 3.15. The second kappa shape index (κ2) is 12.0. The molecule has 0 aliphatic heterocycles. The molecule has 0 spiro atoms. The number of halogens is 3. The van der Waals surface area contributed by atoms with Crippen LogP contribution in [0.3, 0.4) is 0 Å². The first-order valence-electron chi connectivity index (χ1n) is 10.5. The van der Waals surface area contributed by atoms with Crippen LogP contribution in [0.1, 0.15) is 50.7 Å². The molecule has 0 heterocycles. The molecule has 0 unspecified atom stereocenters. The van der Waals surface area contributed by atoms with Gasteiger partial charge in [-0.05, 0) is 63.4 Å². The first kappa shape index (κ1) is 25.1. The summed E-state index contributed by atoms with van der Waals surface area (Å²) in [7, 11) is 0. The molecule has 0 aliphatic rings. The van der Waals surface area contributed by atoms with E-state index >= 15 is 0 Å². The van der Waals surface area contributed by atoms with Gasteiger partial charge in [-0.1, -0.05) is 24.1 Å². The number of alkyl halides is 3. The van der Waals surface area contributed by atoms with Gasteiger partial charge in [0.05, 0.1) is 6.61 Å². The van der Waals surface area contributed by atoms with Gasteiger partial charge in [-0.2, -0.15) is 13.2 Å². The molecule has 0 radical (unpaired) electrons. The molecule has 2 rings (SSSR count). The Labute approximate surface area is 187 Å². The number of anilines is 1. The van der Waals surface area contributed by atoms with Crippen molar-refractivity contribution in [2.75, 3.05) is 11.5 Å². The van der Waals surface area contributed by atoms with Gasteiger partial charge in [0.25, 0.3) is 0 Å². The number of para-hydroxylation sites is 1. The van der Waals surface area contributed by atoms with Gasteiger partial charge >= 0.3 is 12.1 Å². The molecule has 0 amide bonds.